The molecule has 134 valence electrons. The molecule has 1 heterocycles. The highest BCUT2D eigenvalue weighted by Gasteiger charge is 2.09. The molecule has 8 heteroatoms. The van der Waals surface area contributed by atoms with Gasteiger partial charge in [-0.05, 0) is 36.8 Å². The second-order valence-electron chi connectivity index (χ2n) is 5.44. The molecule has 0 saturated heterocycles. The molecule has 0 aliphatic carbocycles. The van der Waals surface area contributed by atoms with E-state index in [2.05, 4.69) is 20.8 Å². The van der Waals surface area contributed by atoms with Crippen LogP contribution in [0.5, 0.6) is 5.75 Å². The van der Waals surface area contributed by atoms with Gasteiger partial charge in [0.2, 0.25) is 11.0 Å². The van der Waals surface area contributed by atoms with Crippen LogP contribution in [0.25, 0.3) is 0 Å². The third kappa shape index (κ3) is 5.21. The summed E-state index contributed by atoms with van der Waals surface area (Å²) in [7, 11) is 1.59. The highest BCUT2D eigenvalue weighted by Crippen LogP contribution is 2.28. The Balaban J connectivity index is 1.51. The van der Waals surface area contributed by atoms with E-state index in [4.69, 9.17) is 4.74 Å². The van der Waals surface area contributed by atoms with Crippen LogP contribution in [0.1, 0.15) is 5.56 Å². The molecule has 3 rings (SSSR count). The number of anilines is 3. The molecule has 26 heavy (non-hydrogen) atoms. The fourth-order valence-corrected chi connectivity index (χ4v) is 3.76. The smallest absolute Gasteiger partial charge is 0.234 e. The number of rotatable bonds is 7. The van der Waals surface area contributed by atoms with Crippen molar-refractivity contribution in [2.75, 3.05) is 23.5 Å². The number of carbonyl (C=O) groups is 1. The van der Waals surface area contributed by atoms with Crippen molar-refractivity contribution in [1.82, 2.24) is 10.2 Å². The zero-order chi connectivity index (χ0) is 18.4. The Kier molecular flexibility index (Phi) is 6.08. The second kappa shape index (κ2) is 8.68. The lowest BCUT2D eigenvalue weighted by Crippen LogP contribution is -2.13. The van der Waals surface area contributed by atoms with E-state index in [0.29, 0.717) is 16.6 Å². The second-order valence-corrected chi connectivity index (χ2v) is 7.64. The molecule has 1 aromatic heterocycles. The molecule has 0 unspecified atom stereocenters. The van der Waals surface area contributed by atoms with E-state index in [1.807, 2.05) is 49.4 Å². The van der Waals surface area contributed by atoms with Gasteiger partial charge in [0.05, 0.1) is 12.9 Å². The van der Waals surface area contributed by atoms with Crippen LogP contribution < -0.4 is 15.4 Å². The first-order chi connectivity index (χ1) is 12.6. The van der Waals surface area contributed by atoms with Gasteiger partial charge >= 0.3 is 0 Å². The van der Waals surface area contributed by atoms with Crippen molar-refractivity contribution in [2.24, 2.45) is 0 Å². The average Bonchev–Trinajstić information content (AvgIpc) is 3.07. The van der Waals surface area contributed by atoms with Gasteiger partial charge in [0.1, 0.15) is 5.75 Å². The molecule has 0 aliphatic rings. The van der Waals surface area contributed by atoms with E-state index in [1.54, 1.807) is 13.2 Å². The maximum absolute atomic E-state index is 12.1. The number of thioether (sulfide) groups is 1. The Bertz CT molecular complexity index is 898. The topological polar surface area (TPSA) is 76.1 Å². The van der Waals surface area contributed by atoms with Crippen LogP contribution in [0.3, 0.4) is 0 Å². The van der Waals surface area contributed by atoms with Crippen LogP contribution in [0.15, 0.2) is 52.9 Å². The molecular formula is C18H18N4O2S2. The van der Waals surface area contributed by atoms with Crippen LogP contribution >= 0.6 is 23.1 Å². The van der Waals surface area contributed by atoms with Crippen molar-refractivity contribution >= 4 is 45.5 Å². The number of hydrogen-bond acceptors (Lipinski definition) is 7. The Labute approximate surface area is 160 Å². The zero-order valence-corrected chi connectivity index (χ0v) is 16.0. The molecule has 0 spiro atoms. The number of hydrogen-bond donors (Lipinski definition) is 2. The van der Waals surface area contributed by atoms with Crippen molar-refractivity contribution < 1.29 is 9.53 Å². The number of benzene rings is 2. The Hall–Kier alpha value is -2.58. The minimum Gasteiger partial charge on any atom is -0.497 e. The minimum atomic E-state index is -0.105. The molecule has 0 bridgehead atoms. The average molecular weight is 387 g/mol. The summed E-state index contributed by atoms with van der Waals surface area (Å²) >= 11 is 2.77. The van der Waals surface area contributed by atoms with E-state index >= 15 is 0 Å². The SMILES string of the molecule is COc1cccc(NC(=O)CSc2nnc(Nc3cccc(C)c3)s2)c1. The maximum atomic E-state index is 12.1. The van der Waals surface area contributed by atoms with E-state index in [-0.39, 0.29) is 11.7 Å². The summed E-state index contributed by atoms with van der Waals surface area (Å²) < 4.78 is 5.88. The quantitative estimate of drug-likeness (QED) is 0.589. The largest absolute Gasteiger partial charge is 0.497 e. The monoisotopic (exact) mass is 386 g/mol. The van der Waals surface area contributed by atoms with Crippen molar-refractivity contribution in [3.63, 3.8) is 0 Å². The predicted molar refractivity (Wildman–Crippen MR) is 107 cm³/mol. The summed E-state index contributed by atoms with van der Waals surface area (Å²) in [6.45, 7) is 2.04. The normalized spacial score (nSPS) is 10.4. The highest BCUT2D eigenvalue weighted by atomic mass is 32.2. The van der Waals surface area contributed by atoms with E-state index in [0.717, 1.165) is 10.0 Å². The van der Waals surface area contributed by atoms with Gasteiger partial charge in [0.15, 0.2) is 4.34 Å². The summed E-state index contributed by atoms with van der Waals surface area (Å²) in [6, 6.07) is 15.3. The van der Waals surface area contributed by atoms with Crippen molar-refractivity contribution in [3.05, 3.63) is 54.1 Å². The maximum Gasteiger partial charge on any atom is 0.234 e. The summed E-state index contributed by atoms with van der Waals surface area (Å²) in [5.74, 6) is 0.856. The third-order valence-corrected chi connectivity index (χ3v) is 5.33. The molecule has 3 aromatic rings. The molecule has 0 radical (unpaired) electrons. The fraction of sp³-hybridized carbons (Fsp3) is 0.167. The molecular weight excluding hydrogens is 368 g/mol. The van der Waals surface area contributed by atoms with Crippen molar-refractivity contribution in [2.45, 2.75) is 11.3 Å². The lowest BCUT2D eigenvalue weighted by molar-refractivity contribution is -0.113. The number of amides is 1. The Morgan fingerprint density at radius 1 is 1.15 bits per heavy atom. The number of nitrogens with zero attached hydrogens (tertiary/aromatic N) is 2. The number of aryl methyl sites for hydroxylation is 1. The van der Waals surface area contributed by atoms with E-state index in [9.17, 15) is 4.79 Å². The minimum absolute atomic E-state index is 0.105. The summed E-state index contributed by atoms with van der Waals surface area (Å²) in [4.78, 5) is 12.1. The van der Waals surface area contributed by atoms with E-state index < -0.39 is 0 Å². The first kappa shape index (κ1) is 18.2. The predicted octanol–water partition coefficient (Wildman–Crippen LogP) is 4.33. The molecule has 0 aliphatic heterocycles. The highest BCUT2D eigenvalue weighted by molar-refractivity contribution is 8.01. The lowest BCUT2D eigenvalue weighted by atomic mass is 10.2. The molecule has 2 N–H and O–H groups in total. The molecule has 0 atom stereocenters. The zero-order valence-electron chi connectivity index (χ0n) is 14.4. The van der Waals surface area contributed by atoms with Gasteiger partial charge in [0, 0.05) is 17.4 Å². The number of ether oxygens (including phenoxy) is 1. The van der Waals surface area contributed by atoms with Crippen molar-refractivity contribution in [3.8, 4) is 5.75 Å². The molecule has 0 saturated carbocycles. The first-order valence-electron chi connectivity index (χ1n) is 7.86. The van der Waals surface area contributed by atoms with Crippen molar-refractivity contribution in [1.29, 1.82) is 0 Å². The van der Waals surface area contributed by atoms with Gasteiger partial charge in [-0.2, -0.15) is 0 Å². The number of nitrogens with one attached hydrogen (secondary N) is 2. The van der Waals surface area contributed by atoms with E-state index in [1.165, 1.54) is 28.7 Å². The molecule has 1 amide bonds. The number of carbonyl (C=O) groups excluding carboxylic acids is 1. The number of methoxy groups -OCH3 is 1. The Morgan fingerprint density at radius 3 is 2.77 bits per heavy atom. The van der Waals surface area contributed by atoms with Gasteiger partial charge in [-0.25, -0.2) is 0 Å². The van der Waals surface area contributed by atoms with Crippen LogP contribution in [0.2, 0.25) is 0 Å². The van der Waals surface area contributed by atoms with Gasteiger partial charge < -0.3 is 15.4 Å². The number of aromatic nitrogens is 2. The standard InChI is InChI=1S/C18H18N4O2S2/c1-12-5-3-6-13(9-12)20-17-21-22-18(26-17)25-11-16(23)19-14-7-4-8-15(10-14)24-2/h3-10H,11H2,1-2H3,(H,19,23)(H,20,21). The van der Waals surface area contributed by atoms with Crippen LogP contribution in [0, 0.1) is 6.92 Å². The van der Waals surface area contributed by atoms with Gasteiger partial charge in [-0.3, -0.25) is 4.79 Å². The molecule has 2 aromatic carbocycles. The Morgan fingerprint density at radius 2 is 1.96 bits per heavy atom. The fourth-order valence-electron chi connectivity index (χ4n) is 2.19. The third-order valence-electron chi connectivity index (χ3n) is 3.36. The van der Waals surface area contributed by atoms with Crippen LogP contribution in [-0.2, 0) is 4.79 Å². The van der Waals surface area contributed by atoms with Crippen LogP contribution in [0.4, 0.5) is 16.5 Å². The molecule has 6 nitrogen and oxygen atoms in total. The van der Waals surface area contributed by atoms with Gasteiger partial charge in [-0.1, -0.05) is 41.3 Å². The van der Waals surface area contributed by atoms with Gasteiger partial charge in [0.25, 0.3) is 0 Å². The first-order valence-corrected chi connectivity index (χ1v) is 9.66. The van der Waals surface area contributed by atoms with Crippen LogP contribution in [-0.4, -0.2) is 29.0 Å². The summed E-state index contributed by atoms with van der Waals surface area (Å²) in [6.07, 6.45) is 0. The summed E-state index contributed by atoms with van der Waals surface area (Å²) in [5.41, 5.74) is 2.84. The molecule has 0 fully saturated rings. The van der Waals surface area contributed by atoms with Gasteiger partial charge in [-0.15, -0.1) is 10.2 Å². The summed E-state index contributed by atoms with van der Waals surface area (Å²) in [5, 5.41) is 15.0. The lowest BCUT2D eigenvalue weighted by Gasteiger charge is -2.06.